The Kier molecular flexibility index (Phi) is 6.58. The minimum atomic E-state index is -3.85. The molecular formula is C12H6Br6N2O2S. The molecule has 0 bridgehead atoms. The highest BCUT2D eigenvalue weighted by Gasteiger charge is 2.29. The molecule has 23 heavy (non-hydrogen) atoms. The van der Waals surface area contributed by atoms with Crippen LogP contribution in [0.1, 0.15) is 11.4 Å². The minimum absolute atomic E-state index is 0.0910. The largest absolute Gasteiger partial charge is 0.241 e. The number of aromatic nitrogens is 2. The van der Waals surface area contributed by atoms with Crippen molar-refractivity contribution in [1.29, 1.82) is 0 Å². The van der Waals surface area contributed by atoms with Crippen molar-refractivity contribution in [3.05, 3.63) is 47.8 Å². The van der Waals surface area contributed by atoms with Gasteiger partial charge in [-0.05, 0) is 24.3 Å². The highest BCUT2D eigenvalue weighted by molar-refractivity contribution is 9.39. The number of hydrogen-bond acceptors (Lipinski definition) is 4. The average molecular weight is 722 g/mol. The van der Waals surface area contributed by atoms with Gasteiger partial charge in [0.1, 0.15) is 0 Å². The summed E-state index contributed by atoms with van der Waals surface area (Å²) < 4.78 is 23.9. The van der Waals surface area contributed by atoms with Crippen LogP contribution >= 0.6 is 95.6 Å². The van der Waals surface area contributed by atoms with Gasteiger partial charge in [0.05, 0.1) is 11.4 Å². The van der Waals surface area contributed by atoms with E-state index in [0.717, 1.165) is 0 Å². The van der Waals surface area contributed by atoms with E-state index in [2.05, 4.69) is 106 Å². The molecule has 2 aromatic heterocycles. The van der Waals surface area contributed by atoms with Crippen molar-refractivity contribution in [2.75, 3.05) is 0 Å². The van der Waals surface area contributed by atoms with Crippen molar-refractivity contribution in [3.63, 3.8) is 0 Å². The molecule has 0 unspecified atom stereocenters. The molecule has 124 valence electrons. The molecule has 0 N–H and O–H groups in total. The van der Waals surface area contributed by atoms with Crippen LogP contribution in [-0.4, -0.2) is 18.4 Å². The molecule has 0 aromatic carbocycles. The lowest BCUT2D eigenvalue weighted by Gasteiger charge is -2.14. The number of hydrogen-bond donors (Lipinski definition) is 0. The fraction of sp³-hybridized carbons (Fsp3) is 0.167. The third-order valence-corrected chi connectivity index (χ3v) is 6.57. The van der Waals surface area contributed by atoms with Gasteiger partial charge in [0.15, 0.2) is 14.3 Å². The molecule has 0 aliphatic rings. The Labute approximate surface area is 183 Å². The van der Waals surface area contributed by atoms with Crippen LogP contribution in [-0.2, 0) is 14.1 Å². The normalized spacial score (nSPS) is 13.1. The van der Waals surface area contributed by atoms with Crippen molar-refractivity contribution in [2.24, 2.45) is 0 Å². The molecule has 0 saturated heterocycles. The highest BCUT2D eigenvalue weighted by atomic mass is 80.0. The van der Waals surface area contributed by atoms with Gasteiger partial charge in [-0.3, -0.25) is 0 Å². The van der Waals surface area contributed by atoms with Crippen molar-refractivity contribution < 1.29 is 8.42 Å². The van der Waals surface area contributed by atoms with Gasteiger partial charge in [-0.1, -0.05) is 108 Å². The molecule has 0 radical (unpaired) electrons. The van der Waals surface area contributed by atoms with E-state index in [9.17, 15) is 8.42 Å². The van der Waals surface area contributed by atoms with E-state index in [-0.39, 0.29) is 10.1 Å². The Hall–Kier alpha value is 1.13. The number of halogens is 6. The SMILES string of the molecule is O=S(=O)(c1cccc(C(Br)(Br)Br)n1)c1cccc(C(Br)(Br)Br)n1. The highest BCUT2D eigenvalue weighted by Crippen LogP contribution is 2.44. The van der Waals surface area contributed by atoms with Crippen LogP contribution in [0.15, 0.2) is 46.5 Å². The number of alkyl halides is 6. The first-order valence-corrected chi connectivity index (χ1v) is 12.0. The maximum atomic E-state index is 12.8. The van der Waals surface area contributed by atoms with Gasteiger partial charge in [0, 0.05) is 0 Å². The summed E-state index contributed by atoms with van der Waals surface area (Å²) >= 11 is 19.9. The van der Waals surface area contributed by atoms with Gasteiger partial charge in [0.25, 0.3) is 0 Å². The van der Waals surface area contributed by atoms with Crippen molar-refractivity contribution in [1.82, 2.24) is 9.97 Å². The van der Waals surface area contributed by atoms with Crippen LogP contribution in [0, 0.1) is 0 Å². The quantitative estimate of drug-likeness (QED) is 0.363. The summed E-state index contributed by atoms with van der Waals surface area (Å²) in [6.07, 6.45) is 0. The van der Waals surface area contributed by atoms with E-state index in [1.165, 1.54) is 12.1 Å². The molecule has 0 aliphatic carbocycles. The maximum absolute atomic E-state index is 12.8. The van der Waals surface area contributed by atoms with Gasteiger partial charge in [0.2, 0.25) is 9.84 Å². The van der Waals surface area contributed by atoms with E-state index in [1.807, 2.05) is 0 Å². The summed E-state index contributed by atoms with van der Waals surface area (Å²) in [4.78, 5) is 8.36. The fourth-order valence-corrected chi connectivity index (χ4v) is 4.04. The van der Waals surface area contributed by atoms with Crippen molar-refractivity contribution >= 4 is 105 Å². The lowest BCUT2D eigenvalue weighted by Crippen LogP contribution is -2.12. The fourth-order valence-electron chi connectivity index (χ4n) is 1.55. The number of nitrogens with zero attached hydrogens (tertiary/aromatic N) is 2. The lowest BCUT2D eigenvalue weighted by molar-refractivity contribution is 0.587. The van der Waals surface area contributed by atoms with E-state index >= 15 is 0 Å². The second kappa shape index (κ2) is 7.40. The zero-order valence-electron chi connectivity index (χ0n) is 10.9. The van der Waals surface area contributed by atoms with E-state index in [0.29, 0.717) is 11.4 Å². The molecule has 0 saturated carbocycles. The summed E-state index contributed by atoms with van der Waals surface area (Å²) in [5.41, 5.74) is 0.927. The third kappa shape index (κ3) is 5.07. The smallest absolute Gasteiger partial charge is 0.237 e. The topological polar surface area (TPSA) is 59.9 Å². The third-order valence-electron chi connectivity index (χ3n) is 2.58. The molecule has 4 nitrogen and oxygen atoms in total. The van der Waals surface area contributed by atoms with E-state index in [1.54, 1.807) is 24.3 Å². The number of rotatable bonds is 2. The molecule has 0 atom stereocenters. The summed E-state index contributed by atoms with van der Waals surface area (Å²) in [7, 11) is -3.85. The lowest BCUT2D eigenvalue weighted by atomic mass is 10.4. The van der Waals surface area contributed by atoms with E-state index < -0.39 is 14.1 Å². The first-order chi connectivity index (χ1) is 10.4. The standard InChI is InChI=1S/C12H6Br6N2O2S/c13-11(14,15)7-3-1-5-9(19-7)23(21,22)10-6-2-4-8(20-10)12(16,17)18/h1-6H. The molecule has 2 heterocycles. The van der Waals surface area contributed by atoms with Gasteiger partial charge in [-0.2, -0.15) is 0 Å². The van der Waals surface area contributed by atoms with Gasteiger partial charge >= 0.3 is 0 Å². The summed E-state index contributed by atoms with van der Waals surface area (Å²) in [6, 6.07) is 9.44. The molecular weight excluding hydrogens is 716 g/mol. The Morgan fingerprint density at radius 1 is 0.696 bits per heavy atom. The van der Waals surface area contributed by atoms with Crippen LogP contribution in [0.4, 0.5) is 0 Å². The monoisotopic (exact) mass is 716 g/mol. The maximum Gasteiger partial charge on any atom is 0.241 e. The molecule has 0 amide bonds. The molecule has 0 spiro atoms. The predicted octanol–water partition coefficient (Wildman–Crippen LogP) is 5.90. The molecule has 0 fully saturated rings. The number of pyridine rings is 2. The predicted molar refractivity (Wildman–Crippen MR) is 111 cm³/mol. The summed E-state index contributed by atoms with van der Waals surface area (Å²) in [5, 5.41) is -0.182. The first kappa shape index (κ1) is 20.4. The van der Waals surface area contributed by atoms with Gasteiger partial charge < -0.3 is 0 Å². The summed E-state index contributed by atoms with van der Waals surface area (Å²) in [5.74, 6) is 0. The molecule has 2 aromatic rings. The Bertz CT molecular complexity index is 766. The minimum Gasteiger partial charge on any atom is -0.237 e. The van der Waals surface area contributed by atoms with Crippen LogP contribution in [0.25, 0.3) is 0 Å². The zero-order chi connectivity index (χ0) is 17.5. The second-order valence-electron chi connectivity index (χ2n) is 4.22. The molecule has 0 aliphatic heterocycles. The van der Waals surface area contributed by atoms with Crippen LogP contribution < -0.4 is 0 Å². The van der Waals surface area contributed by atoms with Gasteiger partial charge in [-0.25, -0.2) is 18.4 Å². The van der Waals surface area contributed by atoms with Crippen molar-refractivity contribution in [2.45, 2.75) is 14.3 Å². The zero-order valence-corrected chi connectivity index (χ0v) is 21.2. The molecule has 11 heteroatoms. The number of sulfone groups is 1. The average Bonchev–Trinajstić information content (AvgIpc) is 2.46. The van der Waals surface area contributed by atoms with E-state index in [4.69, 9.17) is 0 Å². The Balaban J connectivity index is 2.56. The van der Waals surface area contributed by atoms with Crippen molar-refractivity contribution in [3.8, 4) is 0 Å². The van der Waals surface area contributed by atoms with Crippen LogP contribution in [0.2, 0.25) is 0 Å². The molecule has 2 rings (SSSR count). The van der Waals surface area contributed by atoms with Crippen LogP contribution in [0.5, 0.6) is 0 Å². The van der Waals surface area contributed by atoms with Crippen LogP contribution in [0.3, 0.4) is 0 Å². The Morgan fingerprint density at radius 2 is 1.04 bits per heavy atom. The Morgan fingerprint density at radius 3 is 1.35 bits per heavy atom. The summed E-state index contributed by atoms with van der Waals surface area (Å²) in [6.45, 7) is 0. The second-order valence-corrected chi connectivity index (χ2v) is 19.6. The van der Waals surface area contributed by atoms with Gasteiger partial charge in [-0.15, -0.1) is 0 Å². The first-order valence-electron chi connectivity index (χ1n) is 5.76.